The topological polar surface area (TPSA) is 85.3 Å². The first-order chi connectivity index (χ1) is 18.8. The average Bonchev–Trinajstić information content (AvgIpc) is 3.51. The van der Waals surface area contributed by atoms with Gasteiger partial charge in [0, 0.05) is 22.4 Å². The molecule has 9 heteroatoms. The molecule has 1 fully saturated rings. The van der Waals surface area contributed by atoms with Crippen molar-refractivity contribution in [3.8, 4) is 28.8 Å². The molecule has 5 rings (SSSR count). The minimum atomic E-state index is -0.740. The Morgan fingerprint density at radius 1 is 1.08 bits per heavy atom. The van der Waals surface area contributed by atoms with Gasteiger partial charge in [0.1, 0.15) is 29.6 Å². The fourth-order valence-corrected chi connectivity index (χ4v) is 5.84. The minimum absolute atomic E-state index is 0.0226. The van der Waals surface area contributed by atoms with Crippen LogP contribution < -0.4 is 9.47 Å². The molecular weight excluding hydrogens is 559 g/mol. The van der Waals surface area contributed by atoms with Crippen LogP contribution in [0.5, 0.6) is 11.5 Å². The van der Waals surface area contributed by atoms with Crippen LogP contribution in [0.3, 0.4) is 0 Å². The Morgan fingerprint density at radius 3 is 2.38 bits per heavy atom. The van der Waals surface area contributed by atoms with Gasteiger partial charge in [-0.25, -0.2) is 0 Å². The van der Waals surface area contributed by atoms with Gasteiger partial charge in [0.05, 0.1) is 27.1 Å². The molecule has 39 heavy (non-hydrogen) atoms. The van der Waals surface area contributed by atoms with Crippen molar-refractivity contribution >= 4 is 41.3 Å². The second-order valence-corrected chi connectivity index (χ2v) is 10.9. The van der Waals surface area contributed by atoms with Crippen molar-refractivity contribution in [2.45, 2.75) is 44.1 Å². The van der Waals surface area contributed by atoms with E-state index in [1.54, 1.807) is 42.5 Å². The summed E-state index contributed by atoms with van der Waals surface area (Å²) in [5, 5.41) is 15.8. The minimum Gasteiger partial charge on any atom is -0.489 e. The van der Waals surface area contributed by atoms with Crippen LogP contribution in [0.4, 0.5) is 0 Å². The molecular formula is C30H23Cl3N2O4. The quantitative estimate of drug-likeness (QED) is 0.184. The fourth-order valence-electron chi connectivity index (χ4n) is 4.92. The molecule has 1 saturated carbocycles. The maximum Gasteiger partial charge on any atom is 0.298 e. The van der Waals surface area contributed by atoms with Crippen LogP contribution in [0.15, 0.2) is 65.2 Å². The van der Waals surface area contributed by atoms with Crippen molar-refractivity contribution in [3.63, 3.8) is 0 Å². The first-order valence-corrected chi connectivity index (χ1v) is 13.4. The summed E-state index contributed by atoms with van der Waals surface area (Å²) >= 11 is 19.6. The molecule has 0 saturated heterocycles. The third-order valence-electron chi connectivity index (χ3n) is 6.97. The Bertz CT molecular complexity index is 1560. The number of nitriles is 1. The summed E-state index contributed by atoms with van der Waals surface area (Å²) in [5.41, 5.74) is 2.85. The van der Waals surface area contributed by atoms with Crippen LogP contribution in [0.25, 0.3) is 11.3 Å². The van der Waals surface area contributed by atoms with Crippen LogP contribution in [0.2, 0.25) is 15.1 Å². The zero-order valence-electron chi connectivity index (χ0n) is 21.1. The van der Waals surface area contributed by atoms with Crippen LogP contribution in [-0.4, -0.2) is 11.6 Å². The smallest absolute Gasteiger partial charge is 0.298 e. The van der Waals surface area contributed by atoms with Gasteiger partial charge >= 0.3 is 0 Å². The van der Waals surface area contributed by atoms with E-state index in [4.69, 9.17) is 48.8 Å². The van der Waals surface area contributed by atoms with E-state index in [0.717, 1.165) is 16.7 Å². The van der Waals surface area contributed by atoms with E-state index in [-0.39, 0.29) is 18.4 Å². The molecule has 198 valence electrons. The number of halogens is 3. The third-order valence-corrected chi connectivity index (χ3v) is 7.92. The van der Waals surface area contributed by atoms with E-state index in [0.29, 0.717) is 56.5 Å². The van der Waals surface area contributed by atoms with E-state index in [2.05, 4.69) is 11.2 Å². The number of rotatable bonds is 9. The lowest BCUT2D eigenvalue weighted by molar-refractivity contribution is -0.120. The standard InChI is InChI=1S/C30H23Cl3N2O4/c1-17(2)29-21(28(35-39-29)27-24(31)4-3-5-25(27)32)14-37-20-10-11-22(26(33)12-20)30(15-34)13-23(30)18-6-8-19(9-7-18)38-16-36/h3-12,16-17,23H,13-14H2,1-2H3. The van der Waals surface area contributed by atoms with E-state index in [1.165, 1.54) is 0 Å². The van der Waals surface area contributed by atoms with Crippen molar-refractivity contribution in [1.29, 1.82) is 5.26 Å². The largest absolute Gasteiger partial charge is 0.489 e. The Kier molecular flexibility index (Phi) is 7.59. The SMILES string of the molecule is CC(C)c1onc(-c2c(Cl)cccc2Cl)c1COc1ccc(C2(C#N)CC2c2ccc(OC=O)cc2)c(Cl)c1. The van der Waals surface area contributed by atoms with Crippen LogP contribution >= 0.6 is 34.8 Å². The Morgan fingerprint density at radius 2 is 1.77 bits per heavy atom. The summed E-state index contributed by atoms with van der Waals surface area (Å²) < 4.78 is 16.7. The van der Waals surface area contributed by atoms with Crippen molar-refractivity contribution in [3.05, 3.63) is 98.2 Å². The third kappa shape index (κ3) is 5.10. The summed E-state index contributed by atoms with van der Waals surface area (Å²) in [6, 6.07) is 20.3. The number of hydrogen-bond donors (Lipinski definition) is 0. The summed E-state index contributed by atoms with van der Waals surface area (Å²) in [4.78, 5) is 10.6. The Hall–Kier alpha value is -3.50. The zero-order chi connectivity index (χ0) is 27.7. The number of hydrogen-bond acceptors (Lipinski definition) is 6. The van der Waals surface area contributed by atoms with Crippen molar-refractivity contribution in [1.82, 2.24) is 5.16 Å². The highest BCUT2D eigenvalue weighted by molar-refractivity contribution is 6.39. The summed E-state index contributed by atoms with van der Waals surface area (Å²) in [6.07, 6.45) is 0.637. The van der Waals surface area contributed by atoms with Crippen LogP contribution in [0.1, 0.15) is 54.6 Å². The van der Waals surface area contributed by atoms with Crippen molar-refractivity contribution < 1.29 is 18.8 Å². The van der Waals surface area contributed by atoms with E-state index in [9.17, 15) is 10.1 Å². The molecule has 6 nitrogen and oxygen atoms in total. The highest BCUT2D eigenvalue weighted by Gasteiger charge is 2.57. The maximum atomic E-state index is 10.6. The fraction of sp³-hybridized carbons (Fsp3) is 0.233. The number of nitrogens with zero attached hydrogens (tertiary/aromatic N) is 2. The van der Waals surface area contributed by atoms with Gasteiger partial charge in [0.2, 0.25) is 0 Å². The molecule has 1 aliphatic rings. The predicted octanol–water partition coefficient (Wildman–Crippen LogP) is 8.49. The highest BCUT2D eigenvalue weighted by atomic mass is 35.5. The van der Waals surface area contributed by atoms with E-state index in [1.807, 2.05) is 32.0 Å². The summed E-state index contributed by atoms with van der Waals surface area (Å²) in [5.74, 6) is 1.70. The monoisotopic (exact) mass is 580 g/mol. The molecule has 1 aromatic heterocycles. The van der Waals surface area contributed by atoms with Crippen molar-refractivity contribution in [2.24, 2.45) is 0 Å². The average molecular weight is 582 g/mol. The molecule has 1 heterocycles. The first kappa shape index (κ1) is 27.1. The number of benzene rings is 3. The van der Waals surface area contributed by atoms with E-state index < -0.39 is 5.41 Å². The lowest BCUT2D eigenvalue weighted by Gasteiger charge is -2.15. The normalized spacial score (nSPS) is 18.0. The first-order valence-electron chi connectivity index (χ1n) is 12.3. The van der Waals surface area contributed by atoms with Crippen LogP contribution in [0, 0.1) is 11.3 Å². The molecule has 2 unspecified atom stereocenters. The molecule has 0 spiro atoms. The van der Waals surface area contributed by atoms with Gasteiger partial charge in [0.25, 0.3) is 6.47 Å². The van der Waals surface area contributed by atoms with Gasteiger partial charge in [-0.05, 0) is 53.9 Å². The molecule has 4 aromatic rings. The summed E-state index contributed by atoms with van der Waals surface area (Å²) in [7, 11) is 0. The Labute approximate surface area is 241 Å². The molecule has 0 amide bonds. The van der Waals surface area contributed by atoms with Gasteiger partial charge < -0.3 is 14.0 Å². The second kappa shape index (κ2) is 10.9. The zero-order valence-corrected chi connectivity index (χ0v) is 23.3. The van der Waals surface area contributed by atoms with Gasteiger partial charge in [-0.15, -0.1) is 0 Å². The van der Waals surface area contributed by atoms with Gasteiger partial charge in [-0.1, -0.05) is 78.1 Å². The summed E-state index contributed by atoms with van der Waals surface area (Å²) in [6.45, 7) is 4.55. The van der Waals surface area contributed by atoms with Crippen LogP contribution in [-0.2, 0) is 16.8 Å². The molecule has 1 aliphatic carbocycles. The van der Waals surface area contributed by atoms with Gasteiger partial charge in [0.15, 0.2) is 0 Å². The van der Waals surface area contributed by atoms with Gasteiger partial charge in [-0.2, -0.15) is 5.26 Å². The molecule has 0 bridgehead atoms. The molecule has 0 aliphatic heterocycles. The van der Waals surface area contributed by atoms with E-state index >= 15 is 0 Å². The lowest BCUT2D eigenvalue weighted by Crippen LogP contribution is -2.08. The Balaban J connectivity index is 1.38. The molecule has 0 radical (unpaired) electrons. The van der Waals surface area contributed by atoms with Crippen molar-refractivity contribution in [2.75, 3.05) is 0 Å². The second-order valence-electron chi connectivity index (χ2n) is 9.68. The number of carbonyl (C=O) groups is 1. The van der Waals surface area contributed by atoms with Gasteiger partial charge in [-0.3, -0.25) is 4.79 Å². The number of ether oxygens (including phenoxy) is 2. The number of aromatic nitrogens is 1. The maximum absolute atomic E-state index is 10.6. The predicted molar refractivity (Wildman–Crippen MR) is 150 cm³/mol. The molecule has 2 atom stereocenters. The number of carbonyl (C=O) groups excluding carboxylic acids is 1. The molecule has 3 aromatic carbocycles. The highest BCUT2D eigenvalue weighted by Crippen LogP contribution is 2.61. The molecule has 0 N–H and O–H groups in total. The lowest BCUT2D eigenvalue weighted by atomic mass is 9.92.